The largest absolute Gasteiger partial charge is 0.374 e. The van der Waals surface area contributed by atoms with Gasteiger partial charge in [-0.2, -0.15) is 0 Å². The smallest absolute Gasteiger partial charge is 0.0704 e. The van der Waals surface area contributed by atoms with Crippen LogP contribution in [0, 0.1) is 5.92 Å². The van der Waals surface area contributed by atoms with Gasteiger partial charge in [0.2, 0.25) is 0 Å². The van der Waals surface area contributed by atoms with Gasteiger partial charge in [-0.3, -0.25) is 0 Å². The molecule has 1 nitrogen and oxygen atoms in total. The molecule has 0 amide bonds. The number of dihydropyridines is 1. The van der Waals surface area contributed by atoms with Crippen LogP contribution in [0.15, 0.2) is 69.8 Å². The minimum Gasteiger partial charge on any atom is -0.374 e. The number of rotatable bonds is 3. The van der Waals surface area contributed by atoms with Gasteiger partial charge in [0.1, 0.15) is 0 Å². The Bertz CT molecular complexity index is 690. The third-order valence-corrected chi connectivity index (χ3v) is 4.72. The summed E-state index contributed by atoms with van der Waals surface area (Å²) in [5.41, 5.74) is 6.79. The van der Waals surface area contributed by atoms with Crippen LogP contribution in [-0.4, -0.2) is 6.04 Å². The predicted molar refractivity (Wildman–Crippen MR) is 110 cm³/mol. The molecule has 1 atom stereocenters. The predicted octanol–water partition coefficient (Wildman–Crippen LogP) is 6.61. The highest BCUT2D eigenvalue weighted by atomic mass is 79.9. The SMILES string of the molecule is CC.CC1=C(c2ccccc2)NC2C=CC(Br)=CC2=C1CC(C)C. The lowest BCUT2D eigenvalue weighted by Crippen LogP contribution is -2.34. The van der Waals surface area contributed by atoms with Gasteiger partial charge >= 0.3 is 0 Å². The van der Waals surface area contributed by atoms with Crippen LogP contribution in [0.3, 0.4) is 0 Å². The van der Waals surface area contributed by atoms with Crippen molar-refractivity contribution in [1.29, 1.82) is 0 Å². The fourth-order valence-electron chi connectivity index (χ4n) is 3.19. The normalized spacial score (nSPS) is 19.5. The number of fused-ring (bicyclic) bond motifs is 1. The van der Waals surface area contributed by atoms with Crippen LogP contribution in [0.25, 0.3) is 5.70 Å². The molecular weight excluding hydrogens is 358 g/mol. The molecule has 128 valence electrons. The molecule has 2 aliphatic rings. The number of hydrogen-bond donors (Lipinski definition) is 1. The van der Waals surface area contributed by atoms with Gasteiger partial charge in [-0.15, -0.1) is 0 Å². The molecule has 1 heterocycles. The van der Waals surface area contributed by atoms with Crippen molar-refractivity contribution in [3.63, 3.8) is 0 Å². The number of halogens is 1. The summed E-state index contributed by atoms with van der Waals surface area (Å²) in [5, 5.41) is 3.71. The molecule has 0 fully saturated rings. The van der Waals surface area contributed by atoms with Crippen LogP contribution < -0.4 is 5.32 Å². The van der Waals surface area contributed by atoms with Crippen molar-refractivity contribution >= 4 is 21.6 Å². The Kier molecular flexibility index (Phi) is 6.68. The van der Waals surface area contributed by atoms with Gasteiger partial charge in [-0.25, -0.2) is 0 Å². The van der Waals surface area contributed by atoms with E-state index in [-0.39, 0.29) is 6.04 Å². The van der Waals surface area contributed by atoms with Crippen molar-refractivity contribution < 1.29 is 0 Å². The van der Waals surface area contributed by atoms with E-state index in [4.69, 9.17) is 0 Å². The summed E-state index contributed by atoms with van der Waals surface area (Å²) in [6.45, 7) is 10.8. The summed E-state index contributed by atoms with van der Waals surface area (Å²) in [6, 6.07) is 10.9. The second-order valence-corrected chi connectivity index (χ2v) is 7.32. The zero-order valence-electron chi connectivity index (χ0n) is 15.4. The lowest BCUT2D eigenvalue weighted by Gasteiger charge is -2.33. The standard InChI is InChI=1S/C20H22BrN.C2H6/c1-13(2)11-17-14(3)20(15-7-5-4-6-8-15)22-19-10-9-16(21)12-18(17)19;1-2/h4-10,12-13,19,22H,11H2,1-3H3;1-2H3. The van der Waals surface area contributed by atoms with Crippen LogP contribution in [0.2, 0.25) is 0 Å². The molecule has 1 N–H and O–H groups in total. The highest BCUT2D eigenvalue weighted by Gasteiger charge is 2.26. The zero-order valence-corrected chi connectivity index (χ0v) is 16.9. The molecule has 24 heavy (non-hydrogen) atoms. The molecule has 1 unspecified atom stereocenters. The van der Waals surface area contributed by atoms with Crippen molar-refractivity contribution in [2.24, 2.45) is 5.92 Å². The summed E-state index contributed by atoms with van der Waals surface area (Å²) in [4.78, 5) is 0. The Morgan fingerprint density at radius 2 is 1.79 bits per heavy atom. The van der Waals surface area contributed by atoms with E-state index in [2.05, 4.69) is 90.6 Å². The third-order valence-electron chi connectivity index (χ3n) is 4.23. The molecule has 3 rings (SSSR count). The van der Waals surface area contributed by atoms with Crippen molar-refractivity contribution in [2.45, 2.75) is 47.1 Å². The molecule has 0 spiro atoms. The fourth-order valence-corrected chi connectivity index (χ4v) is 3.59. The lowest BCUT2D eigenvalue weighted by molar-refractivity contribution is 0.631. The lowest BCUT2D eigenvalue weighted by atomic mass is 9.83. The minimum absolute atomic E-state index is 0.272. The summed E-state index contributed by atoms with van der Waals surface area (Å²) in [6.07, 6.45) is 7.76. The molecule has 1 aliphatic carbocycles. The molecule has 1 aromatic rings. The Balaban J connectivity index is 0.00000100. The van der Waals surface area contributed by atoms with Gasteiger partial charge in [0, 0.05) is 10.2 Å². The maximum absolute atomic E-state index is 3.71. The second-order valence-electron chi connectivity index (χ2n) is 6.41. The number of nitrogens with one attached hydrogen (secondary N) is 1. The van der Waals surface area contributed by atoms with E-state index in [1.165, 1.54) is 28.0 Å². The van der Waals surface area contributed by atoms with Crippen LogP contribution in [0.4, 0.5) is 0 Å². The summed E-state index contributed by atoms with van der Waals surface area (Å²) in [7, 11) is 0. The maximum Gasteiger partial charge on any atom is 0.0704 e. The highest BCUT2D eigenvalue weighted by Crippen LogP contribution is 2.37. The van der Waals surface area contributed by atoms with Crippen LogP contribution in [-0.2, 0) is 0 Å². The van der Waals surface area contributed by atoms with E-state index in [0.29, 0.717) is 5.92 Å². The maximum atomic E-state index is 3.71. The molecule has 1 aromatic carbocycles. The van der Waals surface area contributed by atoms with E-state index in [1.54, 1.807) is 0 Å². The Morgan fingerprint density at radius 1 is 1.12 bits per heavy atom. The van der Waals surface area contributed by atoms with Gasteiger partial charge in [0.25, 0.3) is 0 Å². The molecule has 0 bridgehead atoms. The van der Waals surface area contributed by atoms with Crippen molar-refractivity contribution in [1.82, 2.24) is 5.32 Å². The molecule has 0 aromatic heterocycles. The third kappa shape index (κ3) is 4.10. The summed E-state index contributed by atoms with van der Waals surface area (Å²) >= 11 is 3.62. The summed E-state index contributed by atoms with van der Waals surface area (Å²) < 4.78 is 1.15. The fraction of sp³-hybridized carbons (Fsp3) is 0.364. The molecule has 2 heteroatoms. The van der Waals surface area contributed by atoms with E-state index < -0.39 is 0 Å². The molecular formula is C22H28BrN. The quantitative estimate of drug-likeness (QED) is 0.617. The first-order valence-electron chi connectivity index (χ1n) is 8.88. The topological polar surface area (TPSA) is 12.0 Å². The van der Waals surface area contributed by atoms with E-state index >= 15 is 0 Å². The first-order valence-corrected chi connectivity index (χ1v) is 9.67. The monoisotopic (exact) mass is 385 g/mol. The zero-order chi connectivity index (χ0) is 17.7. The molecule has 0 radical (unpaired) electrons. The molecule has 1 aliphatic heterocycles. The van der Waals surface area contributed by atoms with Gasteiger partial charge in [0.05, 0.1) is 6.04 Å². The second kappa shape index (κ2) is 8.53. The van der Waals surface area contributed by atoms with E-state index in [0.717, 1.165) is 10.9 Å². The Labute approximate surface area is 155 Å². The summed E-state index contributed by atoms with van der Waals surface area (Å²) in [5.74, 6) is 0.645. The van der Waals surface area contributed by atoms with Gasteiger partial charge in [-0.05, 0) is 53.7 Å². The highest BCUT2D eigenvalue weighted by molar-refractivity contribution is 9.11. The number of allylic oxidation sites excluding steroid dienone is 4. The van der Waals surface area contributed by atoms with Crippen molar-refractivity contribution in [2.75, 3.05) is 0 Å². The molecule has 0 saturated heterocycles. The first kappa shape index (κ1) is 18.8. The van der Waals surface area contributed by atoms with E-state index in [9.17, 15) is 0 Å². The Hall–Kier alpha value is -1.54. The van der Waals surface area contributed by atoms with Crippen molar-refractivity contribution in [3.05, 3.63) is 75.3 Å². The number of benzene rings is 1. The van der Waals surface area contributed by atoms with Gasteiger partial charge < -0.3 is 5.32 Å². The van der Waals surface area contributed by atoms with Gasteiger partial charge in [-0.1, -0.05) is 80.0 Å². The Morgan fingerprint density at radius 3 is 2.42 bits per heavy atom. The van der Waals surface area contributed by atoms with Crippen LogP contribution in [0.1, 0.15) is 46.6 Å². The average Bonchev–Trinajstić information content (AvgIpc) is 2.60. The first-order chi connectivity index (χ1) is 11.6. The van der Waals surface area contributed by atoms with Crippen LogP contribution in [0.5, 0.6) is 0 Å². The molecule has 0 saturated carbocycles. The number of hydrogen-bond acceptors (Lipinski definition) is 1. The van der Waals surface area contributed by atoms with Gasteiger partial charge in [0.15, 0.2) is 0 Å². The van der Waals surface area contributed by atoms with Crippen LogP contribution >= 0.6 is 15.9 Å². The minimum atomic E-state index is 0.272. The average molecular weight is 386 g/mol. The van der Waals surface area contributed by atoms with Crippen molar-refractivity contribution in [3.8, 4) is 0 Å². The van der Waals surface area contributed by atoms with E-state index in [1.807, 2.05) is 13.8 Å².